The largest absolute Gasteiger partial charge is 0.378 e. The second-order valence-electron chi connectivity index (χ2n) is 5.50. The highest BCUT2D eigenvalue weighted by molar-refractivity contribution is 5.77. The van der Waals surface area contributed by atoms with Crippen LogP contribution >= 0.6 is 0 Å². The summed E-state index contributed by atoms with van der Waals surface area (Å²) in [6.45, 7) is 0.765. The first kappa shape index (κ1) is 13.4. The lowest BCUT2D eigenvalue weighted by atomic mass is 9.82. The Hall–Kier alpha value is -1.08. The third-order valence-corrected chi connectivity index (χ3v) is 3.99. The molecule has 1 N–H and O–H groups in total. The van der Waals surface area contributed by atoms with E-state index >= 15 is 0 Å². The van der Waals surface area contributed by atoms with Crippen LogP contribution < -0.4 is 5.32 Å². The first-order chi connectivity index (χ1) is 8.74. The van der Waals surface area contributed by atoms with Crippen molar-refractivity contribution in [3.05, 3.63) is 0 Å². The molecular weight excluding hydrogens is 228 g/mol. The molecule has 1 atom stereocenters. The van der Waals surface area contributed by atoms with E-state index in [4.69, 9.17) is 4.74 Å². The minimum atomic E-state index is -0.607. The zero-order valence-corrected chi connectivity index (χ0v) is 10.9. The number of carbonyl (C=O) groups excluding carboxylic acids is 1. The Morgan fingerprint density at radius 1 is 1.28 bits per heavy atom. The van der Waals surface area contributed by atoms with Gasteiger partial charge in [0.25, 0.3) is 0 Å². The van der Waals surface area contributed by atoms with Gasteiger partial charge in [-0.3, -0.25) is 4.79 Å². The maximum Gasteiger partial charge on any atom is 0.223 e. The quantitative estimate of drug-likeness (QED) is 0.836. The van der Waals surface area contributed by atoms with Crippen LogP contribution in [0.2, 0.25) is 0 Å². The maximum absolute atomic E-state index is 12.0. The molecule has 0 spiro atoms. The van der Waals surface area contributed by atoms with Crippen LogP contribution in [-0.4, -0.2) is 24.2 Å². The van der Waals surface area contributed by atoms with Crippen molar-refractivity contribution in [3.63, 3.8) is 0 Å². The van der Waals surface area contributed by atoms with Crippen LogP contribution in [0.1, 0.15) is 57.8 Å². The van der Waals surface area contributed by atoms with Crippen LogP contribution in [0.25, 0.3) is 0 Å². The van der Waals surface area contributed by atoms with Gasteiger partial charge in [0.15, 0.2) is 0 Å². The second kappa shape index (κ2) is 6.19. The van der Waals surface area contributed by atoms with E-state index in [0.717, 1.165) is 51.6 Å². The number of nitriles is 1. The first-order valence-electron chi connectivity index (χ1n) is 7.08. The summed E-state index contributed by atoms with van der Waals surface area (Å²) in [4.78, 5) is 12.0. The van der Waals surface area contributed by atoms with Crippen LogP contribution in [0.4, 0.5) is 0 Å². The molecule has 100 valence electrons. The second-order valence-corrected chi connectivity index (χ2v) is 5.50. The molecule has 1 aliphatic heterocycles. The minimum absolute atomic E-state index is 0.0228. The van der Waals surface area contributed by atoms with Crippen LogP contribution in [0.3, 0.4) is 0 Å². The van der Waals surface area contributed by atoms with Gasteiger partial charge in [0.05, 0.1) is 18.6 Å². The van der Waals surface area contributed by atoms with Crippen molar-refractivity contribution in [2.75, 3.05) is 6.61 Å². The molecule has 1 saturated heterocycles. The minimum Gasteiger partial charge on any atom is -0.378 e. The summed E-state index contributed by atoms with van der Waals surface area (Å²) in [5, 5.41) is 12.2. The van der Waals surface area contributed by atoms with Gasteiger partial charge in [-0.05, 0) is 32.1 Å². The lowest BCUT2D eigenvalue weighted by Crippen LogP contribution is -2.49. The molecule has 1 aliphatic carbocycles. The van der Waals surface area contributed by atoms with Crippen LogP contribution in [0.15, 0.2) is 0 Å². The van der Waals surface area contributed by atoms with Gasteiger partial charge in [-0.25, -0.2) is 0 Å². The standard InChI is InChI=1S/C14H22N2O2/c15-11-14(7-3-1-4-8-14)16-13(17)10-12-6-2-5-9-18-12/h12H,1-10H2,(H,16,17). The van der Waals surface area contributed by atoms with Crippen molar-refractivity contribution >= 4 is 5.91 Å². The number of hydrogen-bond donors (Lipinski definition) is 1. The number of carbonyl (C=O) groups is 1. The summed E-state index contributed by atoms with van der Waals surface area (Å²) in [6.07, 6.45) is 8.49. The molecule has 1 amide bonds. The van der Waals surface area contributed by atoms with Crippen molar-refractivity contribution < 1.29 is 9.53 Å². The summed E-state index contributed by atoms with van der Waals surface area (Å²) in [7, 11) is 0. The lowest BCUT2D eigenvalue weighted by molar-refractivity contribution is -0.126. The van der Waals surface area contributed by atoms with Crippen LogP contribution in [-0.2, 0) is 9.53 Å². The van der Waals surface area contributed by atoms with E-state index in [1.54, 1.807) is 0 Å². The maximum atomic E-state index is 12.0. The average molecular weight is 250 g/mol. The molecule has 18 heavy (non-hydrogen) atoms. The Labute approximate surface area is 109 Å². The van der Waals surface area contributed by atoms with Gasteiger partial charge in [0, 0.05) is 6.61 Å². The number of nitrogens with zero attached hydrogens (tertiary/aromatic N) is 1. The van der Waals surface area contributed by atoms with E-state index in [2.05, 4.69) is 11.4 Å². The molecule has 0 aromatic carbocycles. The van der Waals surface area contributed by atoms with E-state index in [9.17, 15) is 10.1 Å². The average Bonchev–Trinajstić information content (AvgIpc) is 2.41. The van der Waals surface area contributed by atoms with Crippen molar-refractivity contribution in [2.24, 2.45) is 0 Å². The van der Waals surface area contributed by atoms with Gasteiger partial charge >= 0.3 is 0 Å². The van der Waals surface area contributed by atoms with Gasteiger partial charge in [-0.2, -0.15) is 5.26 Å². The molecule has 4 nitrogen and oxygen atoms in total. The molecule has 2 aliphatic rings. The van der Waals surface area contributed by atoms with Crippen molar-refractivity contribution in [1.29, 1.82) is 5.26 Å². The zero-order chi connectivity index (χ0) is 12.8. The molecule has 4 heteroatoms. The van der Waals surface area contributed by atoms with Gasteiger partial charge in [0.1, 0.15) is 5.54 Å². The first-order valence-corrected chi connectivity index (χ1v) is 7.08. The number of hydrogen-bond acceptors (Lipinski definition) is 3. The molecular formula is C14H22N2O2. The highest BCUT2D eigenvalue weighted by Gasteiger charge is 2.34. The van der Waals surface area contributed by atoms with Crippen molar-refractivity contribution in [2.45, 2.75) is 69.4 Å². The Morgan fingerprint density at radius 3 is 2.67 bits per heavy atom. The van der Waals surface area contributed by atoms with Gasteiger partial charge < -0.3 is 10.1 Å². The molecule has 2 fully saturated rings. The fourth-order valence-corrected chi connectivity index (χ4v) is 2.91. The Balaban J connectivity index is 1.83. The molecule has 1 saturated carbocycles. The molecule has 2 rings (SSSR count). The van der Waals surface area contributed by atoms with E-state index in [0.29, 0.717) is 6.42 Å². The monoisotopic (exact) mass is 250 g/mol. The van der Waals surface area contributed by atoms with Crippen LogP contribution in [0, 0.1) is 11.3 Å². The Bertz CT molecular complexity index is 323. The van der Waals surface area contributed by atoms with E-state index in [1.165, 1.54) is 6.42 Å². The number of ether oxygens (including phenoxy) is 1. The van der Waals surface area contributed by atoms with Crippen molar-refractivity contribution in [3.8, 4) is 6.07 Å². The number of nitrogens with one attached hydrogen (secondary N) is 1. The topological polar surface area (TPSA) is 62.1 Å². The predicted molar refractivity (Wildman–Crippen MR) is 67.8 cm³/mol. The Morgan fingerprint density at radius 2 is 2.06 bits per heavy atom. The summed E-state index contributed by atoms with van der Waals surface area (Å²) >= 11 is 0. The summed E-state index contributed by atoms with van der Waals surface area (Å²) in [5.41, 5.74) is -0.607. The van der Waals surface area contributed by atoms with Gasteiger partial charge in [-0.15, -0.1) is 0 Å². The Kier molecular flexibility index (Phi) is 4.60. The van der Waals surface area contributed by atoms with E-state index in [1.807, 2.05) is 0 Å². The third kappa shape index (κ3) is 3.46. The fourth-order valence-electron chi connectivity index (χ4n) is 2.91. The SMILES string of the molecule is N#CC1(NC(=O)CC2CCCCO2)CCCCC1. The van der Waals surface area contributed by atoms with E-state index < -0.39 is 5.54 Å². The normalized spacial score (nSPS) is 27.2. The zero-order valence-electron chi connectivity index (χ0n) is 10.9. The molecule has 0 aromatic heterocycles. The fraction of sp³-hybridized carbons (Fsp3) is 0.857. The third-order valence-electron chi connectivity index (χ3n) is 3.99. The van der Waals surface area contributed by atoms with Gasteiger partial charge in [0.2, 0.25) is 5.91 Å². The van der Waals surface area contributed by atoms with Crippen molar-refractivity contribution in [1.82, 2.24) is 5.32 Å². The van der Waals surface area contributed by atoms with E-state index in [-0.39, 0.29) is 12.0 Å². The lowest BCUT2D eigenvalue weighted by Gasteiger charge is -2.32. The van der Waals surface area contributed by atoms with Gasteiger partial charge in [-0.1, -0.05) is 19.3 Å². The molecule has 0 aromatic rings. The smallest absolute Gasteiger partial charge is 0.223 e. The van der Waals surface area contributed by atoms with Crippen LogP contribution in [0.5, 0.6) is 0 Å². The highest BCUT2D eigenvalue weighted by Crippen LogP contribution is 2.28. The molecule has 0 bridgehead atoms. The molecule has 0 radical (unpaired) electrons. The molecule has 1 heterocycles. The summed E-state index contributed by atoms with van der Waals surface area (Å²) in [6, 6.07) is 2.31. The summed E-state index contributed by atoms with van der Waals surface area (Å²) < 4.78 is 5.56. The number of rotatable bonds is 3. The highest BCUT2D eigenvalue weighted by atomic mass is 16.5. The predicted octanol–water partition coefficient (Wildman–Crippen LogP) is 2.29. The molecule has 1 unspecified atom stereocenters. The summed E-state index contributed by atoms with van der Waals surface area (Å²) in [5.74, 6) is -0.0228. The number of amides is 1.